The zero-order valence-electron chi connectivity index (χ0n) is 10.8. The summed E-state index contributed by atoms with van der Waals surface area (Å²) in [6, 6.07) is 0. The van der Waals surface area contributed by atoms with Gasteiger partial charge in [0.1, 0.15) is 11.6 Å². The Kier molecular flexibility index (Phi) is 3.72. The molecule has 0 bridgehead atoms. The van der Waals surface area contributed by atoms with E-state index in [0.717, 1.165) is 12.0 Å². The first-order chi connectivity index (χ1) is 7.27. The fourth-order valence-corrected chi connectivity index (χ4v) is 2.67. The summed E-state index contributed by atoms with van der Waals surface area (Å²) in [6.45, 7) is 11.5. The predicted octanol–water partition coefficient (Wildman–Crippen LogP) is 3.16. The highest BCUT2D eigenvalue weighted by Crippen LogP contribution is 2.44. The van der Waals surface area contributed by atoms with Crippen LogP contribution in [0.3, 0.4) is 0 Å². The van der Waals surface area contributed by atoms with Gasteiger partial charge in [0.25, 0.3) is 0 Å². The van der Waals surface area contributed by atoms with Crippen molar-refractivity contribution in [3.05, 3.63) is 12.2 Å². The Hall–Kier alpha value is -0.920. The molecule has 1 saturated carbocycles. The molecule has 1 aliphatic rings. The van der Waals surface area contributed by atoms with E-state index in [4.69, 9.17) is 0 Å². The van der Waals surface area contributed by atoms with Crippen LogP contribution in [0.5, 0.6) is 0 Å². The number of carbonyl (C=O) groups excluding carboxylic acids is 2. The van der Waals surface area contributed by atoms with E-state index < -0.39 is 5.41 Å². The lowest BCUT2D eigenvalue weighted by Crippen LogP contribution is -2.42. The Bertz CT molecular complexity index is 330. The Morgan fingerprint density at radius 2 is 2.06 bits per heavy atom. The van der Waals surface area contributed by atoms with Crippen molar-refractivity contribution in [2.75, 3.05) is 0 Å². The minimum absolute atomic E-state index is 0.108. The Morgan fingerprint density at radius 3 is 2.44 bits per heavy atom. The van der Waals surface area contributed by atoms with Crippen molar-refractivity contribution < 1.29 is 9.59 Å². The van der Waals surface area contributed by atoms with E-state index in [9.17, 15) is 9.59 Å². The second kappa shape index (κ2) is 4.52. The highest BCUT2D eigenvalue weighted by molar-refractivity contribution is 5.91. The summed E-state index contributed by atoms with van der Waals surface area (Å²) < 4.78 is 0. The molecule has 0 radical (unpaired) electrons. The molecule has 1 rings (SSSR count). The first-order valence-electron chi connectivity index (χ1n) is 5.95. The van der Waals surface area contributed by atoms with Crippen LogP contribution in [0.2, 0.25) is 0 Å². The molecule has 0 aromatic carbocycles. The molecule has 0 aliphatic heterocycles. The first-order valence-corrected chi connectivity index (χ1v) is 5.95. The molecule has 0 heterocycles. The SMILES string of the molecule is C=C(C)[C@H]1CC(=O)[C@](C)(CC(C)=O)[C@@H](C)C1. The molecule has 0 spiro atoms. The maximum absolute atomic E-state index is 12.2. The number of allylic oxidation sites excluding steroid dienone is 1. The van der Waals surface area contributed by atoms with Gasteiger partial charge < -0.3 is 0 Å². The summed E-state index contributed by atoms with van der Waals surface area (Å²) in [7, 11) is 0. The van der Waals surface area contributed by atoms with Crippen LogP contribution in [0.1, 0.15) is 47.0 Å². The minimum Gasteiger partial charge on any atom is -0.300 e. The van der Waals surface area contributed by atoms with Crippen molar-refractivity contribution in [1.82, 2.24) is 0 Å². The van der Waals surface area contributed by atoms with E-state index in [-0.39, 0.29) is 17.5 Å². The van der Waals surface area contributed by atoms with Gasteiger partial charge in [0, 0.05) is 18.3 Å². The molecule has 0 unspecified atom stereocenters. The van der Waals surface area contributed by atoms with Gasteiger partial charge in [-0.3, -0.25) is 9.59 Å². The van der Waals surface area contributed by atoms with Crippen LogP contribution in [0.15, 0.2) is 12.2 Å². The topological polar surface area (TPSA) is 34.1 Å². The van der Waals surface area contributed by atoms with Gasteiger partial charge in [-0.2, -0.15) is 0 Å². The van der Waals surface area contributed by atoms with Crippen LogP contribution < -0.4 is 0 Å². The predicted molar refractivity (Wildman–Crippen MR) is 65.1 cm³/mol. The van der Waals surface area contributed by atoms with Gasteiger partial charge in [0.05, 0.1) is 0 Å². The van der Waals surface area contributed by atoms with E-state index in [1.165, 1.54) is 0 Å². The van der Waals surface area contributed by atoms with Crippen molar-refractivity contribution in [3.8, 4) is 0 Å². The number of Topliss-reactive ketones (excluding diaryl/α,β-unsaturated/α-hetero) is 2. The number of carbonyl (C=O) groups is 2. The second-order valence-corrected chi connectivity index (χ2v) is 5.60. The third-order valence-corrected chi connectivity index (χ3v) is 4.11. The third-order valence-electron chi connectivity index (χ3n) is 4.11. The molecule has 2 nitrogen and oxygen atoms in total. The molecule has 1 fully saturated rings. The van der Waals surface area contributed by atoms with Gasteiger partial charge in [0.15, 0.2) is 0 Å². The largest absolute Gasteiger partial charge is 0.300 e. The lowest BCUT2D eigenvalue weighted by atomic mass is 9.61. The van der Waals surface area contributed by atoms with Crippen molar-refractivity contribution in [2.24, 2.45) is 17.3 Å². The molecule has 2 heteroatoms. The molecule has 0 amide bonds. The van der Waals surface area contributed by atoms with Gasteiger partial charge >= 0.3 is 0 Å². The van der Waals surface area contributed by atoms with Crippen molar-refractivity contribution in [3.63, 3.8) is 0 Å². The standard InChI is InChI=1S/C14H22O2/c1-9(2)12-6-10(3)14(5,8-11(4)15)13(16)7-12/h10,12H,1,6-8H2,2-5H3/t10-,12+,14+/m0/s1. The summed E-state index contributed by atoms with van der Waals surface area (Å²) in [5, 5.41) is 0. The van der Waals surface area contributed by atoms with Crippen LogP contribution in [0.25, 0.3) is 0 Å². The van der Waals surface area contributed by atoms with E-state index in [2.05, 4.69) is 13.5 Å². The van der Waals surface area contributed by atoms with Crippen LogP contribution >= 0.6 is 0 Å². The second-order valence-electron chi connectivity index (χ2n) is 5.60. The molecule has 1 aliphatic carbocycles. The summed E-state index contributed by atoms with van der Waals surface area (Å²) in [5.41, 5.74) is 0.641. The Morgan fingerprint density at radius 1 is 1.50 bits per heavy atom. The fraction of sp³-hybridized carbons (Fsp3) is 0.714. The maximum Gasteiger partial charge on any atom is 0.140 e. The zero-order chi connectivity index (χ0) is 12.5. The van der Waals surface area contributed by atoms with Crippen molar-refractivity contribution in [1.29, 1.82) is 0 Å². The van der Waals surface area contributed by atoms with E-state index >= 15 is 0 Å². The lowest BCUT2D eigenvalue weighted by Gasteiger charge is -2.41. The molecule has 0 aromatic heterocycles. The van der Waals surface area contributed by atoms with Crippen molar-refractivity contribution >= 4 is 11.6 Å². The van der Waals surface area contributed by atoms with Gasteiger partial charge in [-0.1, -0.05) is 26.0 Å². The minimum atomic E-state index is -0.447. The summed E-state index contributed by atoms with van der Waals surface area (Å²) >= 11 is 0. The van der Waals surface area contributed by atoms with E-state index in [1.807, 2.05) is 13.8 Å². The Labute approximate surface area is 98.1 Å². The van der Waals surface area contributed by atoms with Gasteiger partial charge in [0.2, 0.25) is 0 Å². The van der Waals surface area contributed by atoms with Gasteiger partial charge in [-0.15, -0.1) is 0 Å². The van der Waals surface area contributed by atoms with Crippen LogP contribution in [-0.2, 0) is 9.59 Å². The van der Waals surface area contributed by atoms with Crippen LogP contribution in [-0.4, -0.2) is 11.6 Å². The molecule has 16 heavy (non-hydrogen) atoms. The monoisotopic (exact) mass is 222 g/mol. The Balaban J connectivity index is 2.87. The highest BCUT2D eigenvalue weighted by atomic mass is 16.1. The van der Waals surface area contributed by atoms with Crippen LogP contribution in [0.4, 0.5) is 0 Å². The summed E-state index contributed by atoms with van der Waals surface area (Å²) in [6.07, 6.45) is 1.92. The van der Waals surface area contributed by atoms with Crippen molar-refractivity contribution in [2.45, 2.75) is 47.0 Å². The first kappa shape index (κ1) is 13.1. The number of ketones is 2. The van der Waals surface area contributed by atoms with Gasteiger partial charge in [-0.05, 0) is 32.1 Å². The molecule has 0 saturated heterocycles. The number of hydrogen-bond donors (Lipinski definition) is 0. The molecule has 90 valence electrons. The summed E-state index contributed by atoms with van der Waals surface area (Å²) in [5.74, 6) is 0.910. The quantitative estimate of drug-likeness (QED) is 0.687. The lowest BCUT2D eigenvalue weighted by molar-refractivity contribution is -0.139. The molecule has 0 N–H and O–H groups in total. The maximum atomic E-state index is 12.2. The molecule has 3 atom stereocenters. The third kappa shape index (κ3) is 2.42. The van der Waals surface area contributed by atoms with E-state index in [0.29, 0.717) is 18.8 Å². The fourth-order valence-electron chi connectivity index (χ4n) is 2.67. The number of rotatable bonds is 3. The normalized spacial score (nSPS) is 34.9. The van der Waals surface area contributed by atoms with E-state index in [1.54, 1.807) is 6.92 Å². The zero-order valence-corrected chi connectivity index (χ0v) is 10.8. The van der Waals surface area contributed by atoms with Gasteiger partial charge in [-0.25, -0.2) is 0 Å². The molecule has 0 aromatic rings. The average molecular weight is 222 g/mol. The smallest absolute Gasteiger partial charge is 0.140 e. The molecular weight excluding hydrogens is 200 g/mol. The van der Waals surface area contributed by atoms with Crippen LogP contribution in [0, 0.1) is 17.3 Å². The number of hydrogen-bond acceptors (Lipinski definition) is 2. The molecular formula is C14H22O2. The highest BCUT2D eigenvalue weighted by Gasteiger charge is 2.44. The average Bonchev–Trinajstić information content (AvgIpc) is 2.12. The summed E-state index contributed by atoms with van der Waals surface area (Å²) in [4.78, 5) is 23.4.